The standard InChI is InChI=1S/C62H94N4O12S.H2/c1-14-41(6)57(53(76-11)36-55(71)65-31-21-25-50(65)59(77-12)43(8)51(68)32-42(7)58(72)46-22-17-15-18-23-46)63(9)61(74)49(39(2)3)35-52(69)56(40(4)5)64(10)62(75)78-37-45-28-26-44(27-29-45)33-48(67)24-19-16-20-30-66-54(70)34-47(38-79-13)60(66)73;/h15,17-18,22-23,26-29,39-43,47,49-50,53,56-59,72H,14,16,19-21,24-25,30-38H2,1-13H3;1H/t41-,42-,43-,47?,49-,50-,53+,56-,57-,58+,59+;/m0./s1. The molecular formula is C62H96N4O12S. The number of carbonyl (C=O) groups excluding carboxylic acids is 8. The molecule has 2 saturated heterocycles. The number of amides is 5. The molecule has 2 aliphatic rings. The van der Waals surface area contributed by atoms with E-state index in [0.29, 0.717) is 56.5 Å². The average molecular weight is 1120 g/mol. The van der Waals surface area contributed by atoms with Crippen LogP contribution in [-0.4, -0.2) is 156 Å². The first kappa shape index (κ1) is 66.5. The molecule has 16 nitrogen and oxygen atoms in total. The van der Waals surface area contributed by atoms with Crippen LogP contribution < -0.4 is 0 Å². The summed E-state index contributed by atoms with van der Waals surface area (Å²) in [6.07, 6.45) is 4.24. The van der Waals surface area contributed by atoms with Gasteiger partial charge in [0, 0.05) is 92.5 Å². The van der Waals surface area contributed by atoms with Crippen molar-refractivity contribution in [1.29, 1.82) is 0 Å². The van der Waals surface area contributed by atoms with Crippen molar-refractivity contribution in [3.63, 3.8) is 0 Å². The predicted molar refractivity (Wildman–Crippen MR) is 310 cm³/mol. The van der Waals surface area contributed by atoms with E-state index >= 15 is 0 Å². The number of hydrogen-bond donors (Lipinski definition) is 1. The minimum Gasteiger partial charge on any atom is -0.445 e. The van der Waals surface area contributed by atoms with Crippen LogP contribution in [0.2, 0.25) is 0 Å². The van der Waals surface area contributed by atoms with Crippen LogP contribution in [0.5, 0.6) is 0 Å². The fraction of sp³-hybridized carbons (Fsp3) is 0.677. The second kappa shape index (κ2) is 32.5. The summed E-state index contributed by atoms with van der Waals surface area (Å²) in [6, 6.07) is 14.8. The number of unbranched alkanes of at least 4 members (excludes halogenated alkanes) is 2. The van der Waals surface area contributed by atoms with E-state index in [2.05, 4.69) is 0 Å². The zero-order valence-electron chi connectivity index (χ0n) is 49.7. The number of likely N-dealkylation sites (tertiary alicyclic amines) is 2. The predicted octanol–water partition coefficient (Wildman–Crippen LogP) is 9.42. The topological polar surface area (TPSA) is 197 Å². The van der Waals surface area contributed by atoms with Gasteiger partial charge in [-0.15, -0.1) is 0 Å². The SMILES string of the molecule is CC[C@H](C)[C@@H]([C@@H](CC(=O)N1CCC[C@H]1[C@H](OC)[C@@H](C)C(=O)C[C@H](C)[C@@H](O)c1ccccc1)OC)N(C)C(=O)[C@@H](CC(=O)[C@H](C(C)C)N(C)C(=O)OCc1ccc(CC(=O)CCCCCN2C(=O)CC(CSC)C2=O)cc1)C(C)C.[HH]. The first-order valence-corrected chi connectivity index (χ1v) is 30.1. The molecule has 2 aromatic rings. The molecule has 2 aliphatic heterocycles. The van der Waals surface area contributed by atoms with E-state index in [9.17, 15) is 43.5 Å². The van der Waals surface area contributed by atoms with Gasteiger partial charge >= 0.3 is 6.09 Å². The normalized spacial score (nSPS) is 19.1. The molecule has 2 fully saturated rings. The number of thioether (sulfide) groups is 1. The molecule has 0 saturated carbocycles. The zero-order chi connectivity index (χ0) is 58.7. The molecule has 442 valence electrons. The van der Waals surface area contributed by atoms with Gasteiger partial charge in [0.2, 0.25) is 23.6 Å². The van der Waals surface area contributed by atoms with Gasteiger partial charge in [0.05, 0.1) is 48.8 Å². The summed E-state index contributed by atoms with van der Waals surface area (Å²) in [5, 5.41) is 11.0. The van der Waals surface area contributed by atoms with Crippen molar-refractivity contribution in [2.45, 2.75) is 175 Å². The van der Waals surface area contributed by atoms with E-state index in [1.807, 2.05) is 104 Å². The first-order valence-electron chi connectivity index (χ1n) is 28.7. The number of nitrogens with zero attached hydrogens (tertiary/aromatic N) is 4. The molecular weight excluding hydrogens is 1020 g/mol. The van der Waals surface area contributed by atoms with Crippen LogP contribution in [0, 0.1) is 41.4 Å². The second-order valence-corrected chi connectivity index (χ2v) is 24.0. The van der Waals surface area contributed by atoms with Crippen LogP contribution in [-0.2, 0) is 60.8 Å². The molecule has 0 spiro atoms. The van der Waals surface area contributed by atoms with Crippen molar-refractivity contribution in [2.75, 3.05) is 53.4 Å². The summed E-state index contributed by atoms with van der Waals surface area (Å²) in [4.78, 5) is 115. The van der Waals surface area contributed by atoms with Gasteiger partial charge in [-0.2, -0.15) is 11.8 Å². The number of hydrogen-bond acceptors (Lipinski definition) is 13. The molecule has 2 heterocycles. The molecule has 4 rings (SSSR count). The highest BCUT2D eigenvalue weighted by molar-refractivity contribution is 7.98. The van der Waals surface area contributed by atoms with Crippen molar-refractivity contribution in [3.05, 3.63) is 71.3 Å². The molecule has 2 aromatic carbocycles. The fourth-order valence-corrected chi connectivity index (χ4v) is 12.4. The number of ether oxygens (including phenoxy) is 3. The van der Waals surface area contributed by atoms with Crippen molar-refractivity contribution < 1.29 is 59.1 Å². The maximum atomic E-state index is 14.8. The van der Waals surface area contributed by atoms with Crippen LogP contribution in [0.25, 0.3) is 0 Å². The Bertz CT molecular complexity index is 2320. The Balaban J connectivity index is 0.0000168. The molecule has 17 heteroatoms. The lowest BCUT2D eigenvalue weighted by Crippen LogP contribution is -2.54. The Morgan fingerprint density at radius 1 is 0.797 bits per heavy atom. The number of ketones is 3. The summed E-state index contributed by atoms with van der Waals surface area (Å²) in [5.41, 5.74) is 2.28. The van der Waals surface area contributed by atoms with E-state index in [0.717, 1.165) is 24.0 Å². The Labute approximate surface area is 477 Å². The maximum Gasteiger partial charge on any atom is 0.410 e. The maximum absolute atomic E-state index is 14.8. The summed E-state index contributed by atoms with van der Waals surface area (Å²) >= 11 is 1.56. The van der Waals surface area contributed by atoms with Crippen molar-refractivity contribution >= 4 is 58.8 Å². The third-order valence-electron chi connectivity index (χ3n) is 16.6. The van der Waals surface area contributed by atoms with Gasteiger partial charge in [0.1, 0.15) is 18.2 Å². The Morgan fingerprint density at radius 2 is 1.46 bits per heavy atom. The number of rotatable bonds is 34. The third kappa shape index (κ3) is 18.5. The van der Waals surface area contributed by atoms with Crippen LogP contribution >= 0.6 is 11.8 Å². The van der Waals surface area contributed by atoms with Gasteiger partial charge in [-0.1, -0.05) is 123 Å². The minimum absolute atomic E-state index is 0. The van der Waals surface area contributed by atoms with Gasteiger partial charge in [-0.3, -0.25) is 38.5 Å². The number of aliphatic hydroxyl groups excluding tert-OH is 1. The summed E-state index contributed by atoms with van der Waals surface area (Å²) < 4.78 is 17.8. The van der Waals surface area contributed by atoms with E-state index in [1.54, 1.807) is 55.0 Å². The highest BCUT2D eigenvalue weighted by atomic mass is 32.2. The van der Waals surface area contributed by atoms with Gasteiger partial charge in [0.15, 0.2) is 5.78 Å². The summed E-state index contributed by atoms with van der Waals surface area (Å²) in [5.74, 6) is -2.72. The lowest BCUT2D eigenvalue weighted by Gasteiger charge is -2.41. The van der Waals surface area contributed by atoms with E-state index in [4.69, 9.17) is 14.2 Å². The number of carbonyl (C=O) groups is 8. The Hall–Kier alpha value is -4.97. The van der Waals surface area contributed by atoms with Gasteiger partial charge in [-0.25, -0.2) is 4.79 Å². The lowest BCUT2D eigenvalue weighted by atomic mass is 9.83. The van der Waals surface area contributed by atoms with Crippen LogP contribution in [0.1, 0.15) is 150 Å². The second-order valence-electron chi connectivity index (χ2n) is 23.1. The third-order valence-corrected chi connectivity index (χ3v) is 17.3. The van der Waals surface area contributed by atoms with Crippen molar-refractivity contribution in [2.24, 2.45) is 41.4 Å². The van der Waals surface area contributed by atoms with Crippen LogP contribution in [0.3, 0.4) is 0 Å². The molecule has 0 bridgehead atoms. The number of Topliss-reactive ketones (excluding diaryl/α,β-unsaturated/α-hetero) is 3. The van der Waals surface area contributed by atoms with Gasteiger partial charge in [-0.05, 0) is 72.3 Å². The average Bonchev–Trinajstić information content (AvgIpc) is 4.01. The first-order chi connectivity index (χ1) is 37.5. The van der Waals surface area contributed by atoms with E-state index in [-0.39, 0.29) is 117 Å². The molecule has 0 radical (unpaired) electrons. The molecule has 0 aliphatic carbocycles. The van der Waals surface area contributed by atoms with Crippen molar-refractivity contribution in [1.82, 2.24) is 19.6 Å². The Morgan fingerprint density at radius 3 is 2.05 bits per heavy atom. The molecule has 1 N–H and O–H groups in total. The highest BCUT2D eigenvalue weighted by Crippen LogP contribution is 2.33. The van der Waals surface area contributed by atoms with E-state index < -0.39 is 48.3 Å². The molecule has 0 aromatic heterocycles. The fourth-order valence-electron chi connectivity index (χ4n) is 11.7. The van der Waals surface area contributed by atoms with Crippen LogP contribution in [0.15, 0.2) is 54.6 Å². The largest absolute Gasteiger partial charge is 0.445 e. The van der Waals surface area contributed by atoms with Crippen molar-refractivity contribution in [3.8, 4) is 0 Å². The summed E-state index contributed by atoms with van der Waals surface area (Å²) in [7, 11) is 6.35. The number of benzene rings is 2. The molecule has 1 unspecified atom stereocenters. The highest BCUT2D eigenvalue weighted by Gasteiger charge is 2.44. The van der Waals surface area contributed by atoms with E-state index in [1.165, 1.54) is 16.8 Å². The zero-order valence-corrected chi connectivity index (χ0v) is 50.5. The number of methoxy groups -OCH3 is 2. The quantitative estimate of drug-likeness (QED) is 0.0514. The monoisotopic (exact) mass is 1120 g/mol. The number of imide groups is 1. The Kier molecular flexibility index (Phi) is 27.3. The lowest BCUT2D eigenvalue weighted by molar-refractivity contribution is -0.149. The van der Waals surface area contributed by atoms with Gasteiger partial charge < -0.3 is 34.0 Å². The molecule has 5 amide bonds. The summed E-state index contributed by atoms with van der Waals surface area (Å²) in [6.45, 7) is 16.0. The number of likely N-dealkylation sites (N-methyl/N-ethyl adjacent to an activating group) is 2. The molecule has 79 heavy (non-hydrogen) atoms. The van der Waals surface area contributed by atoms with Crippen LogP contribution in [0.4, 0.5) is 4.79 Å². The smallest absolute Gasteiger partial charge is 0.410 e. The van der Waals surface area contributed by atoms with Gasteiger partial charge in [0.25, 0.3) is 0 Å². The molecule has 11 atom stereocenters. The number of aliphatic hydroxyl groups is 1. The minimum atomic E-state index is -0.885.